The lowest BCUT2D eigenvalue weighted by molar-refractivity contribution is 1.17. The molecule has 21 heavy (non-hydrogen) atoms. The van der Waals surface area contributed by atoms with E-state index in [0.717, 1.165) is 16.9 Å². The van der Waals surface area contributed by atoms with Crippen molar-refractivity contribution >= 4 is 28.8 Å². The molecule has 0 spiro atoms. The van der Waals surface area contributed by atoms with E-state index in [4.69, 9.17) is 17.3 Å². The minimum atomic E-state index is 0.527. The molecule has 0 saturated carbocycles. The molecule has 104 valence electrons. The molecule has 0 amide bonds. The summed E-state index contributed by atoms with van der Waals surface area (Å²) in [6, 6.07) is 17.2. The van der Waals surface area contributed by atoms with Crippen LogP contribution >= 0.6 is 11.6 Å². The van der Waals surface area contributed by atoms with Crippen molar-refractivity contribution in [3.05, 3.63) is 65.9 Å². The van der Waals surface area contributed by atoms with Crippen LogP contribution in [0.4, 0.5) is 17.2 Å². The monoisotopic (exact) mass is 296 g/mol. The third-order valence-corrected chi connectivity index (χ3v) is 3.35. The molecule has 0 aliphatic carbocycles. The van der Waals surface area contributed by atoms with Gasteiger partial charge in [-0.2, -0.15) is 0 Å². The number of hydrogen-bond acceptors (Lipinski definition) is 4. The number of halogens is 1. The lowest BCUT2D eigenvalue weighted by Gasteiger charge is -2.08. The van der Waals surface area contributed by atoms with Crippen molar-refractivity contribution in [1.29, 1.82) is 0 Å². The Morgan fingerprint density at radius 2 is 1.76 bits per heavy atom. The minimum Gasteiger partial charge on any atom is -0.397 e. The fraction of sp³-hybridized carbons (Fsp3) is 0. The van der Waals surface area contributed by atoms with E-state index in [1.165, 1.54) is 6.33 Å². The van der Waals surface area contributed by atoms with E-state index in [9.17, 15) is 0 Å². The Morgan fingerprint density at radius 3 is 2.52 bits per heavy atom. The molecular weight excluding hydrogens is 284 g/mol. The van der Waals surface area contributed by atoms with Gasteiger partial charge >= 0.3 is 0 Å². The van der Waals surface area contributed by atoms with E-state index < -0.39 is 0 Å². The highest BCUT2D eigenvalue weighted by Gasteiger charge is 2.03. The second-order valence-corrected chi connectivity index (χ2v) is 4.92. The predicted molar refractivity (Wildman–Crippen MR) is 86.6 cm³/mol. The second-order valence-electron chi connectivity index (χ2n) is 4.52. The van der Waals surface area contributed by atoms with E-state index >= 15 is 0 Å². The summed E-state index contributed by atoms with van der Waals surface area (Å²) < 4.78 is 0. The third-order valence-electron chi connectivity index (χ3n) is 3.01. The number of aromatic nitrogens is 2. The van der Waals surface area contributed by atoms with E-state index in [1.54, 1.807) is 12.1 Å². The smallest absolute Gasteiger partial charge is 0.134 e. The first kappa shape index (κ1) is 13.4. The van der Waals surface area contributed by atoms with Gasteiger partial charge in [0.1, 0.15) is 12.1 Å². The first-order chi connectivity index (χ1) is 10.2. The molecule has 5 heteroatoms. The van der Waals surface area contributed by atoms with Gasteiger partial charge in [-0.25, -0.2) is 9.97 Å². The van der Waals surface area contributed by atoms with Gasteiger partial charge in [0.25, 0.3) is 0 Å². The predicted octanol–water partition coefficient (Wildman–Crippen LogP) is 4.12. The number of nitrogens with one attached hydrogen (secondary N) is 1. The zero-order chi connectivity index (χ0) is 14.7. The highest BCUT2D eigenvalue weighted by molar-refractivity contribution is 6.33. The topological polar surface area (TPSA) is 63.8 Å². The summed E-state index contributed by atoms with van der Waals surface area (Å²) in [5.74, 6) is 0.700. The molecule has 3 rings (SSSR count). The molecule has 0 bridgehead atoms. The third kappa shape index (κ3) is 3.12. The van der Waals surface area contributed by atoms with Crippen molar-refractivity contribution in [2.75, 3.05) is 11.1 Å². The fourth-order valence-corrected chi connectivity index (χ4v) is 2.08. The van der Waals surface area contributed by atoms with Gasteiger partial charge in [0.05, 0.1) is 16.4 Å². The van der Waals surface area contributed by atoms with Gasteiger partial charge < -0.3 is 11.1 Å². The molecule has 3 N–H and O–H groups in total. The minimum absolute atomic E-state index is 0.527. The van der Waals surface area contributed by atoms with E-state index in [1.807, 2.05) is 42.5 Å². The zero-order valence-corrected chi connectivity index (χ0v) is 11.9. The maximum atomic E-state index is 5.91. The van der Waals surface area contributed by atoms with Crippen molar-refractivity contribution in [1.82, 2.24) is 9.97 Å². The number of nitrogen functional groups attached to an aromatic ring is 1. The van der Waals surface area contributed by atoms with E-state index in [0.29, 0.717) is 16.5 Å². The lowest BCUT2D eigenvalue weighted by atomic mass is 10.1. The Morgan fingerprint density at radius 1 is 0.952 bits per heavy atom. The molecular formula is C16H13ClN4. The van der Waals surface area contributed by atoms with Crippen molar-refractivity contribution in [2.24, 2.45) is 0 Å². The van der Waals surface area contributed by atoms with Crippen molar-refractivity contribution < 1.29 is 0 Å². The molecule has 0 aliphatic rings. The summed E-state index contributed by atoms with van der Waals surface area (Å²) in [6.45, 7) is 0. The molecule has 1 heterocycles. The van der Waals surface area contributed by atoms with Gasteiger partial charge in [0.15, 0.2) is 0 Å². The van der Waals surface area contributed by atoms with E-state index in [2.05, 4.69) is 15.3 Å². The average molecular weight is 297 g/mol. The molecule has 1 aromatic heterocycles. The van der Waals surface area contributed by atoms with Crippen LogP contribution in [0.5, 0.6) is 0 Å². The molecule has 0 unspecified atom stereocenters. The largest absolute Gasteiger partial charge is 0.397 e. The summed E-state index contributed by atoms with van der Waals surface area (Å²) >= 11 is 5.91. The van der Waals surface area contributed by atoms with Crippen molar-refractivity contribution in [3.63, 3.8) is 0 Å². The van der Waals surface area contributed by atoms with Gasteiger partial charge in [-0.3, -0.25) is 0 Å². The Bertz CT molecular complexity index is 759. The van der Waals surface area contributed by atoms with Gasteiger partial charge in [-0.1, -0.05) is 41.9 Å². The first-order valence-corrected chi connectivity index (χ1v) is 6.80. The zero-order valence-electron chi connectivity index (χ0n) is 11.1. The van der Waals surface area contributed by atoms with E-state index in [-0.39, 0.29) is 0 Å². The Labute approximate surface area is 127 Å². The number of anilines is 3. The standard InChI is InChI=1S/C16H13ClN4/c17-13-7-6-12(8-14(13)18)21-16-9-15(19-10-20-16)11-4-2-1-3-5-11/h1-10H,18H2,(H,19,20,21). The van der Waals surface area contributed by atoms with Crippen LogP contribution in [0, 0.1) is 0 Å². The van der Waals surface area contributed by atoms with Crippen LogP contribution in [0.3, 0.4) is 0 Å². The number of rotatable bonds is 3. The second kappa shape index (κ2) is 5.81. The Kier molecular flexibility index (Phi) is 3.71. The Balaban J connectivity index is 1.88. The molecule has 4 nitrogen and oxygen atoms in total. The van der Waals surface area contributed by atoms with Crippen LogP contribution in [0.15, 0.2) is 60.9 Å². The molecule has 0 fully saturated rings. The summed E-state index contributed by atoms with van der Waals surface area (Å²) in [5.41, 5.74) is 9.04. The van der Waals surface area contributed by atoms with Crippen LogP contribution < -0.4 is 11.1 Å². The van der Waals surface area contributed by atoms with Crippen LogP contribution in [0.2, 0.25) is 5.02 Å². The summed E-state index contributed by atoms with van der Waals surface area (Å²) in [6.07, 6.45) is 1.53. The van der Waals surface area contributed by atoms with Crippen LogP contribution in [-0.2, 0) is 0 Å². The number of nitrogens with two attached hydrogens (primary N) is 1. The normalized spacial score (nSPS) is 10.3. The number of benzene rings is 2. The maximum Gasteiger partial charge on any atom is 0.134 e. The van der Waals surface area contributed by atoms with Gasteiger partial charge in [0, 0.05) is 17.3 Å². The SMILES string of the molecule is Nc1cc(Nc2cc(-c3ccccc3)ncn2)ccc1Cl. The van der Waals surface area contributed by atoms with Crippen molar-refractivity contribution in [3.8, 4) is 11.3 Å². The fourth-order valence-electron chi connectivity index (χ4n) is 1.96. The Hall–Kier alpha value is -2.59. The summed E-state index contributed by atoms with van der Waals surface area (Å²) in [7, 11) is 0. The summed E-state index contributed by atoms with van der Waals surface area (Å²) in [5, 5.41) is 3.73. The molecule has 0 saturated heterocycles. The highest BCUT2D eigenvalue weighted by Crippen LogP contribution is 2.25. The molecule has 0 atom stereocenters. The molecule has 0 aliphatic heterocycles. The maximum absolute atomic E-state index is 5.91. The van der Waals surface area contributed by atoms with Gasteiger partial charge in [-0.05, 0) is 18.2 Å². The lowest BCUT2D eigenvalue weighted by Crippen LogP contribution is -1.96. The van der Waals surface area contributed by atoms with Crippen molar-refractivity contribution in [2.45, 2.75) is 0 Å². The number of hydrogen-bond donors (Lipinski definition) is 2. The van der Waals surface area contributed by atoms with Crippen LogP contribution in [-0.4, -0.2) is 9.97 Å². The molecule has 3 aromatic rings. The van der Waals surface area contributed by atoms with Crippen LogP contribution in [0.1, 0.15) is 0 Å². The first-order valence-electron chi connectivity index (χ1n) is 6.42. The molecule has 0 radical (unpaired) electrons. The van der Waals surface area contributed by atoms with Gasteiger partial charge in [0.2, 0.25) is 0 Å². The average Bonchev–Trinajstić information content (AvgIpc) is 2.52. The van der Waals surface area contributed by atoms with Gasteiger partial charge in [-0.15, -0.1) is 0 Å². The highest BCUT2D eigenvalue weighted by atomic mass is 35.5. The summed E-state index contributed by atoms with van der Waals surface area (Å²) in [4.78, 5) is 8.50. The quantitative estimate of drug-likeness (QED) is 0.714. The van der Waals surface area contributed by atoms with Crippen LogP contribution in [0.25, 0.3) is 11.3 Å². The number of nitrogens with zero attached hydrogens (tertiary/aromatic N) is 2. The molecule has 2 aromatic carbocycles.